The zero-order chi connectivity index (χ0) is 23.9. The van der Waals surface area contributed by atoms with Crippen LogP contribution in [0.5, 0.6) is 0 Å². The van der Waals surface area contributed by atoms with Crippen LogP contribution in [0.4, 0.5) is 5.82 Å². The van der Waals surface area contributed by atoms with E-state index >= 15 is 0 Å². The van der Waals surface area contributed by atoms with E-state index in [-0.39, 0.29) is 18.0 Å². The van der Waals surface area contributed by atoms with Crippen LogP contribution < -0.4 is 5.32 Å². The number of nitrogens with zero attached hydrogens (tertiary/aromatic N) is 6. The maximum absolute atomic E-state index is 12.9. The first-order valence-electron chi connectivity index (χ1n) is 11.5. The summed E-state index contributed by atoms with van der Waals surface area (Å²) in [5.74, 6) is 1.75. The average Bonchev–Trinajstić information content (AvgIpc) is 3.41. The fourth-order valence-electron chi connectivity index (χ4n) is 4.57. The van der Waals surface area contributed by atoms with E-state index in [0.717, 1.165) is 29.8 Å². The summed E-state index contributed by atoms with van der Waals surface area (Å²) in [7, 11) is -3.30. The molecule has 5 heterocycles. The average molecular weight is 482 g/mol. The number of hydrogen-bond acceptors (Lipinski definition) is 7. The number of rotatable bonds is 6. The molecule has 3 aromatic heterocycles. The minimum atomic E-state index is -3.30. The first-order chi connectivity index (χ1) is 16.4. The molecule has 0 radical (unpaired) electrons. The third-order valence-corrected chi connectivity index (χ3v) is 8.38. The number of carbonyl (C=O) groups is 1. The molecule has 0 unspecified atom stereocenters. The zero-order valence-electron chi connectivity index (χ0n) is 19.2. The Hall–Kier alpha value is -3.18. The Morgan fingerprint density at radius 3 is 2.88 bits per heavy atom. The maximum atomic E-state index is 12.9. The molecular weight excluding hydrogens is 454 g/mol. The Morgan fingerprint density at radius 2 is 2.06 bits per heavy atom. The van der Waals surface area contributed by atoms with Gasteiger partial charge >= 0.3 is 0 Å². The van der Waals surface area contributed by atoms with Gasteiger partial charge in [-0.15, -0.1) is 10.2 Å². The second kappa shape index (κ2) is 8.88. The summed E-state index contributed by atoms with van der Waals surface area (Å²) in [4.78, 5) is 21.8. The van der Waals surface area contributed by atoms with Gasteiger partial charge in [0.1, 0.15) is 23.0 Å². The van der Waals surface area contributed by atoms with Gasteiger partial charge in [0, 0.05) is 31.7 Å². The number of hydrogen-bond donors (Lipinski definition) is 1. The van der Waals surface area contributed by atoms with Gasteiger partial charge in [0.05, 0.1) is 5.75 Å². The highest BCUT2D eigenvalue weighted by molar-refractivity contribution is 7.89. The van der Waals surface area contributed by atoms with Crippen LogP contribution >= 0.6 is 0 Å². The highest BCUT2D eigenvalue weighted by Crippen LogP contribution is 2.30. The third-order valence-electron chi connectivity index (χ3n) is 6.36. The molecule has 0 bridgehead atoms. The van der Waals surface area contributed by atoms with Gasteiger partial charge in [0.25, 0.3) is 5.91 Å². The van der Waals surface area contributed by atoms with Crippen LogP contribution in [0.15, 0.2) is 30.5 Å². The van der Waals surface area contributed by atoms with E-state index in [9.17, 15) is 13.2 Å². The molecule has 3 aromatic rings. The molecule has 0 spiro atoms. The third kappa shape index (κ3) is 4.21. The highest BCUT2D eigenvalue weighted by Gasteiger charge is 2.27. The molecule has 178 valence electrons. The molecule has 0 aromatic carbocycles. The van der Waals surface area contributed by atoms with Crippen LogP contribution in [-0.4, -0.2) is 55.7 Å². The van der Waals surface area contributed by atoms with Crippen LogP contribution in [0.1, 0.15) is 60.2 Å². The maximum Gasteiger partial charge on any atom is 0.275 e. The van der Waals surface area contributed by atoms with Gasteiger partial charge in [-0.2, -0.15) is 4.31 Å². The molecule has 0 fully saturated rings. The smallest absolute Gasteiger partial charge is 0.275 e. The van der Waals surface area contributed by atoms with E-state index in [1.807, 2.05) is 19.1 Å². The highest BCUT2D eigenvalue weighted by atomic mass is 32.2. The predicted molar refractivity (Wildman–Crippen MR) is 127 cm³/mol. The van der Waals surface area contributed by atoms with Crippen LogP contribution in [0.3, 0.4) is 0 Å². The fraction of sp³-hybridized carbons (Fsp3) is 0.435. The second-order valence-corrected chi connectivity index (χ2v) is 10.9. The molecular formula is C23H27N7O3S. The van der Waals surface area contributed by atoms with Crippen molar-refractivity contribution < 1.29 is 13.2 Å². The normalized spacial score (nSPS) is 17.9. The lowest BCUT2D eigenvalue weighted by Crippen LogP contribution is -2.37. The molecule has 5 rings (SSSR count). The number of anilines is 1. The molecule has 2 aliphatic heterocycles. The standard InChI is InChI=1S/C23H27N7O3S/c1-3-11-34(32,33)29-10-9-16-13-24-19(12-17(16)14-29)23(31)26-20-6-4-5-18(25-20)22-28-27-21-8-7-15(2)30(21)22/h4-6,12-13,15H,3,7-11,14H2,1-2H3,(H,25,26,31)/t15-/m0/s1. The molecule has 1 amide bonds. The number of pyridine rings is 2. The molecule has 0 saturated carbocycles. The Labute approximate surface area is 198 Å². The number of amides is 1. The van der Waals surface area contributed by atoms with Crippen molar-refractivity contribution in [3.8, 4) is 11.5 Å². The van der Waals surface area contributed by atoms with Gasteiger partial charge < -0.3 is 9.88 Å². The van der Waals surface area contributed by atoms with Crippen molar-refractivity contribution in [2.24, 2.45) is 0 Å². The minimum Gasteiger partial charge on any atom is -0.307 e. The summed E-state index contributed by atoms with van der Waals surface area (Å²) >= 11 is 0. The number of nitrogens with one attached hydrogen (secondary N) is 1. The monoisotopic (exact) mass is 481 g/mol. The lowest BCUT2D eigenvalue weighted by Gasteiger charge is -2.28. The van der Waals surface area contributed by atoms with E-state index in [4.69, 9.17) is 0 Å². The van der Waals surface area contributed by atoms with Crippen LogP contribution in [0.25, 0.3) is 11.5 Å². The number of carbonyl (C=O) groups excluding carboxylic acids is 1. The first-order valence-corrected chi connectivity index (χ1v) is 13.1. The summed E-state index contributed by atoms with van der Waals surface area (Å²) in [6, 6.07) is 7.36. The fourth-order valence-corrected chi connectivity index (χ4v) is 6.05. The van der Waals surface area contributed by atoms with Crippen molar-refractivity contribution in [2.75, 3.05) is 17.6 Å². The van der Waals surface area contributed by atoms with Crippen molar-refractivity contribution >= 4 is 21.7 Å². The van der Waals surface area contributed by atoms with Gasteiger partial charge in [0.2, 0.25) is 10.0 Å². The van der Waals surface area contributed by atoms with Crippen molar-refractivity contribution in [1.82, 2.24) is 29.0 Å². The minimum absolute atomic E-state index is 0.122. The predicted octanol–water partition coefficient (Wildman–Crippen LogP) is 2.59. The molecule has 1 atom stereocenters. The van der Waals surface area contributed by atoms with Crippen LogP contribution in [0, 0.1) is 0 Å². The first kappa shape index (κ1) is 22.6. The molecule has 0 aliphatic carbocycles. The van der Waals surface area contributed by atoms with E-state index in [0.29, 0.717) is 42.8 Å². The Bertz CT molecular complexity index is 1350. The van der Waals surface area contributed by atoms with Crippen molar-refractivity contribution in [3.63, 3.8) is 0 Å². The summed E-state index contributed by atoms with van der Waals surface area (Å²) in [5.41, 5.74) is 2.63. The van der Waals surface area contributed by atoms with Crippen LogP contribution in [-0.2, 0) is 29.4 Å². The van der Waals surface area contributed by atoms with Crippen molar-refractivity contribution in [3.05, 3.63) is 53.1 Å². The topological polar surface area (TPSA) is 123 Å². The van der Waals surface area contributed by atoms with Gasteiger partial charge in [-0.3, -0.25) is 9.78 Å². The van der Waals surface area contributed by atoms with E-state index < -0.39 is 15.9 Å². The summed E-state index contributed by atoms with van der Waals surface area (Å²) in [6.07, 6.45) is 4.73. The van der Waals surface area contributed by atoms with Gasteiger partial charge in [-0.25, -0.2) is 13.4 Å². The van der Waals surface area contributed by atoms with Crippen LogP contribution in [0.2, 0.25) is 0 Å². The molecule has 11 heteroatoms. The molecule has 34 heavy (non-hydrogen) atoms. The largest absolute Gasteiger partial charge is 0.307 e. The number of fused-ring (bicyclic) bond motifs is 2. The summed E-state index contributed by atoms with van der Waals surface area (Å²) in [5, 5.41) is 11.4. The molecule has 1 N–H and O–H groups in total. The Balaban J connectivity index is 1.35. The SMILES string of the molecule is CCCS(=O)(=O)N1CCc2cnc(C(=O)Nc3cccc(-c4nnc5n4[C@@H](C)CC5)n3)cc2C1. The molecule has 10 nitrogen and oxygen atoms in total. The van der Waals surface area contributed by atoms with Crippen molar-refractivity contribution in [1.29, 1.82) is 0 Å². The quantitative estimate of drug-likeness (QED) is 0.574. The summed E-state index contributed by atoms with van der Waals surface area (Å²) < 4.78 is 28.6. The number of sulfonamides is 1. The van der Waals surface area contributed by atoms with Gasteiger partial charge in [0.15, 0.2) is 5.82 Å². The Kier molecular flexibility index (Phi) is 5.90. The van der Waals surface area contributed by atoms with Crippen molar-refractivity contribution in [2.45, 2.75) is 52.1 Å². The zero-order valence-corrected chi connectivity index (χ0v) is 20.0. The second-order valence-electron chi connectivity index (χ2n) is 8.80. The number of aromatic nitrogens is 5. The van der Waals surface area contributed by atoms with E-state index in [1.54, 1.807) is 18.3 Å². The lowest BCUT2D eigenvalue weighted by molar-refractivity contribution is 0.102. The lowest BCUT2D eigenvalue weighted by atomic mass is 10.0. The Morgan fingerprint density at radius 1 is 1.21 bits per heavy atom. The van der Waals surface area contributed by atoms with Gasteiger partial charge in [-0.1, -0.05) is 13.0 Å². The molecule has 0 saturated heterocycles. The molecule has 2 aliphatic rings. The van der Waals surface area contributed by atoms with E-state index in [1.165, 1.54) is 4.31 Å². The number of aryl methyl sites for hydroxylation is 1. The van der Waals surface area contributed by atoms with E-state index in [2.05, 4.69) is 37.0 Å². The summed E-state index contributed by atoms with van der Waals surface area (Å²) in [6.45, 7) is 4.67. The van der Waals surface area contributed by atoms with Gasteiger partial charge in [-0.05, 0) is 55.5 Å².